The summed E-state index contributed by atoms with van der Waals surface area (Å²) in [6.07, 6.45) is 3.02. The largest absolute Gasteiger partial charge is 0.463 e. The third-order valence-corrected chi connectivity index (χ3v) is 2.12. The molecule has 2 aromatic rings. The summed E-state index contributed by atoms with van der Waals surface area (Å²) in [5.41, 5.74) is 0.752. The quantitative estimate of drug-likeness (QED) is 0.723. The Kier molecular flexibility index (Phi) is 2.72. The Morgan fingerprint density at radius 1 is 1.62 bits per heavy atom. The lowest BCUT2D eigenvalue weighted by Crippen LogP contribution is -2.01. The van der Waals surface area contributed by atoms with Crippen molar-refractivity contribution in [2.75, 3.05) is 7.11 Å². The van der Waals surface area contributed by atoms with Gasteiger partial charge in [-0.25, -0.2) is 14.5 Å². The first-order chi connectivity index (χ1) is 7.70. The summed E-state index contributed by atoms with van der Waals surface area (Å²) in [6.45, 7) is 2.23. The Morgan fingerprint density at radius 3 is 3.06 bits per heavy atom. The van der Waals surface area contributed by atoms with Crippen LogP contribution in [0, 0.1) is 6.92 Å². The van der Waals surface area contributed by atoms with E-state index in [1.807, 2.05) is 0 Å². The van der Waals surface area contributed by atoms with Gasteiger partial charge in [0.25, 0.3) is 0 Å². The van der Waals surface area contributed by atoms with Gasteiger partial charge < -0.3 is 9.15 Å². The minimum atomic E-state index is -0.470. The number of hydrogen-bond acceptors (Lipinski definition) is 5. The second-order valence-corrected chi connectivity index (χ2v) is 3.31. The highest BCUT2D eigenvalue weighted by molar-refractivity contribution is 5.87. The number of furan rings is 1. The molecule has 2 rings (SSSR count). The normalized spacial score (nSPS) is 10.4. The van der Waals surface area contributed by atoms with Gasteiger partial charge in [0.2, 0.25) is 5.76 Å². The summed E-state index contributed by atoms with van der Waals surface area (Å²) >= 11 is 0. The molecular weight excluding hydrogens is 210 g/mol. The zero-order valence-electron chi connectivity index (χ0n) is 9.01. The molecular formula is C10H11N3O3. The number of ether oxygens (including phenoxy) is 1. The van der Waals surface area contributed by atoms with Gasteiger partial charge in [0.1, 0.15) is 25.0 Å². The van der Waals surface area contributed by atoms with Crippen LogP contribution in [0.25, 0.3) is 0 Å². The van der Waals surface area contributed by atoms with Gasteiger partial charge >= 0.3 is 5.97 Å². The zero-order valence-corrected chi connectivity index (χ0v) is 9.01. The van der Waals surface area contributed by atoms with E-state index in [2.05, 4.69) is 14.8 Å². The van der Waals surface area contributed by atoms with E-state index in [1.165, 1.54) is 13.4 Å². The van der Waals surface area contributed by atoms with E-state index in [-0.39, 0.29) is 5.76 Å². The predicted molar refractivity (Wildman–Crippen MR) is 53.9 cm³/mol. The molecule has 84 valence electrons. The van der Waals surface area contributed by atoms with Crippen LogP contribution >= 0.6 is 0 Å². The molecule has 2 heterocycles. The van der Waals surface area contributed by atoms with Gasteiger partial charge in [-0.2, -0.15) is 5.10 Å². The molecule has 0 saturated heterocycles. The number of hydrogen-bond donors (Lipinski definition) is 0. The molecule has 0 aliphatic heterocycles. The fourth-order valence-electron chi connectivity index (χ4n) is 1.40. The summed E-state index contributed by atoms with van der Waals surface area (Å²) < 4.78 is 11.6. The Bertz CT molecular complexity index is 487. The Labute approximate surface area is 91.8 Å². The third kappa shape index (κ3) is 1.95. The molecule has 0 atom stereocenters. The van der Waals surface area contributed by atoms with Crippen LogP contribution in [0.2, 0.25) is 0 Å². The van der Waals surface area contributed by atoms with E-state index in [4.69, 9.17) is 4.42 Å². The number of carbonyl (C=O) groups excluding carboxylic acids is 1. The average molecular weight is 221 g/mol. The van der Waals surface area contributed by atoms with Gasteiger partial charge in [-0.3, -0.25) is 0 Å². The van der Waals surface area contributed by atoms with Crippen molar-refractivity contribution < 1.29 is 13.9 Å². The molecule has 0 aliphatic rings. The Hall–Kier alpha value is -2.11. The maximum atomic E-state index is 11.3. The smallest absolute Gasteiger partial charge is 0.374 e. The van der Waals surface area contributed by atoms with E-state index < -0.39 is 5.97 Å². The summed E-state index contributed by atoms with van der Waals surface area (Å²) in [6, 6.07) is 1.79. The number of rotatable bonds is 3. The molecule has 0 saturated carbocycles. The van der Waals surface area contributed by atoms with E-state index >= 15 is 0 Å². The van der Waals surface area contributed by atoms with Crippen LogP contribution in [0.1, 0.15) is 21.9 Å². The van der Waals surface area contributed by atoms with Gasteiger partial charge in [0.05, 0.1) is 7.11 Å². The van der Waals surface area contributed by atoms with Crippen LogP contribution in [-0.4, -0.2) is 27.8 Å². The zero-order chi connectivity index (χ0) is 11.5. The highest BCUT2D eigenvalue weighted by Gasteiger charge is 2.16. The number of esters is 1. The first-order valence-corrected chi connectivity index (χ1v) is 4.70. The van der Waals surface area contributed by atoms with Gasteiger partial charge in [0, 0.05) is 5.56 Å². The maximum absolute atomic E-state index is 11.3. The molecule has 0 spiro atoms. The van der Waals surface area contributed by atoms with Crippen LogP contribution in [0.5, 0.6) is 0 Å². The molecule has 0 aromatic carbocycles. The van der Waals surface area contributed by atoms with Crippen LogP contribution < -0.4 is 0 Å². The monoisotopic (exact) mass is 221 g/mol. The van der Waals surface area contributed by atoms with E-state index in [0.717, 1.165) is 5.56 Å². The summed E-state index contributed by atoms with van der Waals surface area (Å²) in [7, 11) is 1.32. The van der Waals surface area contributed by atoms with Crippen molar-refractivity contribution in [3.8, 4) is 0 Å². The lowest BCUT2D eigenvalue weighted by molar-refractivity contribution is 0.0561. The molecule has 6 nitrogen and oxygen atoms in total. The molecule has 0 aliphatic carbocycles. The number of nitrogens with zero attached hydrogens (tertiary/aromatic N) is 3. The highest BCUT2D eigenvalue weighted by atomic mass is 16.5. The SMILES string of the molecule is COC(=O)c1oc(Cn2cncn2)cc1C. The summed E-state index contributed by atoms with van der Waals surface area (Å²) in [4.78, 5) is 15.1. The van der Waals surface area contributed by atoms with Gasteiger partial charge in [0.15, 0.2) is 0 Å². The molecule has 6 heteroatoms. The van der Waals surface area contributed by atoms with Crippen molar-refractivity contribution in [1.82, 2.24) is 14.8 Å². The summed E-state index contributed by atoms with van der Waals surface area (Å²) in [5, 5.41) is 3.94. The first-order valence-electron chi connectivity index (χ1n) is 4.70. The predicted octanol–water partition coefficient (Wildman–Crippen LogP) is 1.01. The molecule has 0 amide bonds. The second-order valence-electron chi connectivity index (χ2n) is 3.31. The van der Waals surface area contributed by atoms with Crippen molar-refractivity contribution >= 4 is 5.97 Å². The second kappa shape index (κ2) is 4.18. The Morgan fingerprint density at radius 2 is 2.44 bits per heavy atom. The van der Waals surface area contributed by atoms with Gasteiger partial charge in [-0.05, 0) is 13.0 Å². The lowest BCUT2D eigenvalue weighted by atomic mass is 10.2. The lowest BCUT2D eigenvalue weighted by Gasteiger charge is -1.96. The van der Waals surface area contributed by atoms with E-state index in [1.54, 1.807) is 24.0 Å². The number of carbonyl (C=O) groups is 1. The van der Waals surface area contributed by atoms with Crippen LogP contribution in [-0.2, 0) is 11.3 Å². The first kappa shape index (κ1) is 10.4. The summed E-state index contributed by atoms with van der Waals surface area (Å²) in [5.74, 6) is 0.406. The van der Waals surface area contributed by atoms with Crippen LogP contribution in [0.3, 0.4) is 0 Å². The highest BCUT2D eigenvalue weighted by Crippen LogP contribution is 2.16. The van der Waals surface area contributed by atoms with Crippen molar-refractivity contribution in [2.24, 2.45) is 0 Å². The van der Waals surface area contributed by atoms with Crippen molar-refractivity contribution in [1.29, 1.82) is 0 Å². The topological polar surface area (TPSA) is 70.2 Å². The van der Waals surface area contributed by atoms with Crippen molar-refractivity contribution in [2.45, 2.75) is 13.5 Å². The van der Waals surface area contributed by atoms with Gasteiger partial charge in [-0.1, -0.05) is 0 Å². The molecule has 0 fully saturated rings. The number of aryl methyl sites for hydroxylation is 1. The Balaban J connectivity index is 2.21. The van der Waals surface area contributed by atoms with E-state index in [0.29, 0.717) is 12.3 Å². The molecule has 2 aromatic heterocycles. The maximum Gasteiger partial charge on any atom is 0.374 e. The fraction of sp³-hybridized carbons (Fsp3) is 0.300. The minimum absolute atomic E-state index is 0.234. The number of methoxy groups -OCH3 is 1. The molecule has 0 N–H and O–H groups in total. The van der Waals surface area contributed by atoms with Crippen molar-refractivity contribution in [3.05, 3.63) is 35.8 Å². The van der Waals surface area contributed by atoms with Crippen LogP contribution in [0.4, 0.5) is 0 Å². The average Bonchev–Trinajstić information content (AvgIpc) is 2.88. The van der Waals surface area contributed by atoms with Gasteiger partial charge in [-0.15, -0.1) is 0 Å². The van der Waals surface area contributed by atoms with Crippen molar-refractivity contribution in [3.63, 3.8) is 0 Å². The molecule has 16 heavy (non-hydrogen) atoms. The van der Waals surface area contributed by atoms with Crippen LogP contribution in [0.15, 0.2) is 23.1 Å². The molecule has 0 radical (unpaired) electrons. The third-order valence-electron chi connectivity index (χ3n) is 2.12. The number of aromatic nitrogens is 3. The molecule has 0 bridgehead atoms. The standard InChI is InChI=1S/C10H11N3O3/c1-7-3-8(4-13-6-11-5-12-13)16-9(7)10(14)15-2/h3,5-6H,4H2,1-2H3. The molecule has 0 unspecified atom stereocenters. The fourth-order valence-corrected chi connectivity index (χ4v) is 1.40. The van der Waals surface area contributed by atoms with E-state index in [9.17, 15) is 4.79 Å². The minimum Gasteiger partial charge on any atom is -0.463 e.